The largest absolute Gasteiger partial charge is 0.281 e. The van der Waals surface area contributed by atoms with Gasteiger partial charge in [0.05, 0.1) is 5.56 Å². The van der Waals surface area contributed by atoms with Gasteiger partial charge in [0.25, 0.3) is 6.43 Å². The predicted molar refractivity (Wildman–Crippen MR) is 58.0 cm³/mol. The van der Waals surface area contributed by atoms with Gasteiger partial charge in [0, 0.05) is 0 Å². The van der Waals surface area contributed by atoms with E-state index in [9.17, 15) is 17.2 Å². The highest BCUT2D eigenvalue weighted by Crippen LogP contribution is 2.26. The van der Waals surface area contributed by atoms with Crippen molar-refractivity contribution in [3.63, 3.8) is 0 Å². The van der Waals surface area contributed by atoms with E-state index in [4.69, 9.17) is 10.4 Å². The molecule has 0 fully saturated rings. The molecule has 0 aromatic carbocycles. The van der Waals surface area contributed by atoms with E-state index in [2.05, 4.69) is 4.98 Å². The van der Waals surface area contributed by atoms with Gasteiger partial charge in [-0.15, -0.1) is 0 Å². The number of nitriles is 1. The van der Waals surface area contributed by atoms with E-state index in [1.807, 2.05) is 0 Å². The second kappa shape index (κ2) is 4.56. The van der Waals surface area contributed by atoms with E-state index in [1.165, 1.54) is 6.07 Å². The van der Waals surface area contributed by atoms with Gasteiger partial charge in [-0.25, -0.2) is 27.3 Å². The maximum Gasteiger partial charge on any atom is 0.281 e. The van der Waals surface area contributed by atoms with E-state index in [1.54, 1.807) is 22.6 Å². The molecule has 0 aliphatic heterocycles. The highest BCUT2D eigenvalue weighted by Gasteiger charge is 2.24. The van der Waals surface area contributed by atoms with Crippen LogP contribution in [0.3, 0.4) is 0 Å². The molecule has 1 aromatic rings. The minimum atomic E-state index is -4.22. The molecule has 86 valence electrons. The Morgan fingerprint density at radius 3 is 2.50 bits per heavy atom. The van der Waals surface area contributed by atoms with Gasteiger partial charge >= 0.3 is 0 Å². The third-order valence-corrected chi connectivity index (χ3v) is 3.09. The van der Waals surface area contributed by atoms with Crippen LogP contribution in [0, 0.1) is 15.0 Å². The van der Waals surface area contributed by atoms with Crippen LogP contribution in [-0.4, -0.2) is 13.4 Å². The van der Waals surface area contributed by atoms with Crippen LogP contribution in [0.25, 0.3) is 0 Å². The standard InChI is InChI=1S/C7H4F2IN3O2S/c8-7(9)6-3(2-11)4(16(12,14)15)1-5(10)13-6/h1,7H,(H2,12,14,15). The fraction of sp³-hybridized carbons (Fsp3) is 0.143. The van der Waals surface area contributed by atoms with Crippen molar-refractivity contribution in [2.45, 2.75) is 11.3 Å². The van der Waals surface area contributed by atoms with E-state index < -0.39 is 32.6 Å². The third-order valence-electron chi connectivity index (χ3n) is 1.61. The summed E-state index contributed by atoms with van der Waals surface area (Å²) in [4.78, 5) is 2.78. The minimum Gasteiger partial charge on any atom is -0.239 e. The lowest BCUT2D eigenvalue weighted by atomic mass is 10.2. The van der Waals surface area contributed by atoms with Gasteiger partial charge < -0.3 is 0 Å². The first-order valence-corrected chi connectivity index (χ1v) is 6.31. The molecular formula is C7H4F2IN3O2S. The van der Waals surface area contributed by atoms with Crippen LogP contribution in [0.15, 0.2) is 11.0 Å². The van der Waals surface area contributed by atoms with Crippen molar-refractivity contribution < 1.29 is 17.2 Å². The second-order valence-electron chi connectivity index (χ2n) is 2.66. The molecule has 0 atom stereocenters. The highest BCUT2D eigenvalue weighted by atomic mass is 127. The number of hydrogen-bond acceptors (Lipinski definition) is 4. The third kappa shape index (κ3) is 2.63. The lowest BCUT2D eigenvalue weighted by molar-refractivity contribution is 0.145. The van der Waals surface area contributed by atoms with Crippen molar-refractivity contribution in [1.29, 1.82) is 5.26 Å². The van der Waals surface area contributed by atoms with E-state index in [0.29, 0.717) is 0 Å². The van der Waals surface area contributed by atoms with Gasteiger partial charge in [-0.05, 0) is 28.7 Å². The molecule has 0 spiro atoms. The molecule has 0 aliphatic rings. The van der Waals surface area contributed by atoms with Crippen molar-refractivity contribution in [2.75, 3.05) is 0 Å². The van der Waals surface area contributed by atoms with E-state index in [-0.39, 0.29) is 3.70 Å². The summed E-state index contributed by atoms with van der Waals surface area (Å²) in [5, 5.41) is 13.5. The van der Waals surface area contributed by atoms with Gasteiger partial charge in [0.15, 0.2) is 0 Å². The Morgan fingerprint density at radius 1 is 1.56 bits per heavy atom. The van der Waals surface area contributed by atoms with Crippen molar-refractivity contribution >= 4 is 32.6 Å². The summed E-state index contributed by atoms with van der Waals surface area (Å²) in [6.45, 7) is 0. The Bertz CT molecular complexity index is 568. The summed E-state index contributed by atoms with van der Waals surface area (Å²) in [5.41, 5.74) is -1.59. The van der Waals surface area contributed by atoms with Crippen LogP contribution in [-0.2, 0) is 10.0 Å². The molecule has 9 heteroatoms. The molecule has 2 N–H and O–H groups in total. The van der Waals surface area contributed by atoms with E-state index in [0.717, 1.165) is 6.07 Å². The van der Waals surface area contributed by atoms with Crippen LogP contribution in [0.1, 0.15) is 17.7 Å². The van der Waals surface area contributed by atoms with Gasteiger partial charge in [-0.3, -0.25) is 0 Å². The summed E-state index contributed by atoms with van der Waals surface area (Å²) >= 11 is 1.56. The highest BCUT2D eigenvalue weighted by molar-refractivity contribution is 14.1. The molecule has 1 rings (SSSR count). The minimum absolute atomic E-state index is 0.0240. The molecule has 0 radical (unpaired) electrons. The number of primary sulfonamides is 1. The van der Waals surface area contributed by atoms with Gasteiger partial charge in [0.2, 0.25) is 10.0 Å². The predicted octanol–water partition coefficient (Wildman–Crippen LogP) is 1.14. The SMILES string of the molecule is N#Cc1c(S(N)(=O)=O)cc(I)nc1C(F)F. The zero-order valence-electron chi connectivity index (χ0n) is 7.49. The van der Waals surface area contributed by atoms with Crippen LogP contribution in [0.5, 0.6) is 0 Å². The molecule has 1 aromatic heterocycles. The lowest BCUT2D eigenvalue weighted by Crippen LogP contribution is -2.16. The average Bonchev–Trinajstić information content (AvgIpc) is 2.14. The number of rotatable bonds is 2. The number of sulfonamides is 1. The molecule has 0 unspecified atom stereocenters. The number of nitrogens with two attached hydrogens (primary N) is 1. The maximum absolute atomic E-state index is 12.5. The number of alkyl halides is 2. The van der Waals surface area contributed by atoms with Crippen molar-refractivity contribution in [3.05, 3.63) is 21.0 Å². The number of hydrogen-bond donors (Lipinski definition) is 1. The Labute approximate surface area is 103 Å². The summed E-state index contributed by atoms with van der Waals surface area (Å²) in [7, 11) is -4.22. The fourth-order valence-electron chi connectivity index (χ4n) is 1.00. The van der Waals surface area contributed by atoms with E-state index >= 15 is 0 Å². The normalized spacial score (nSPS) is 11.5. The second-order valence-corrected chi connectivity index (χ2v) is 5.30. The smallest absolute Gasteiger partial charge is 0.239 e. The molecule has 16 heavy (non-hydrogen) atoms. The first kappa shape index (κ1) is 13.2. The Balaban J connectivity index is 3.71. The molecule has 0 saturated carbocycles. The quantitative estimate of drug-likeness (QED) is 0.633. The molecule has 5 nitrogen and oxygen atoms in total. The first-order chi connectivity index (χ1) is 7.27. The number of pyridine rings is 1. The summed E-state index contributed by atoms with van der Waals surface area (Å²) in [6, 6.07) is 2.35. The summed E-state index contributed by atoms with van der Waals surface area (Å²) < 4.78 is 47.2. The Hall–Kier alpha value is -0.860. The van der Waals surface area contributed by atoms with Crippen molar-refractivity contribution in [3.8, 4) is 6.07 Å². The summed E-state index contributed by atoms with van der Waals surface area (Å²) in [6.07, 6.45) is -3.04. The zero-order valence-corrected chi connectivity index (χ0v) is 10.5. The number of aromatic nitrogens is 1. The Morgan fingerprint density at radius 2 is 2.12 bits per heavy atom. The van der Waals surface area contributed by atoms with Crippen LogP contribution >= 0.6 is 22.6 Å². The summed E-state index contributed by atoms with van der Waals surface area (Å²) in [5.74, 6) is 0. The van der Waals surface area contributed by atoms with Crippen LogP contribution in [0.4, 0.5) is 8.78 Å². The monoisotopic (exact) mass is 359 g/mol. The molecule has 1 heterocycles. The lowest BCUT2D eigenvalue weighted by Gasteiger charge is -2.07. The number of halogens is 3. The molecular weight excluding hydrogens is 355 g/mol. The van der Waals surface area contributed by atoms with Crippen molar-refractivity contribution in [2.24, 2.45) is 5.14 Å². The molecule has 0 aliphatic carbocycles. The van der Waals surface area contributed by atoms with Gasteiger partial charge in [-0.2, -0.15) is 5.26 Å². The fourth-order valence-corrected chi connectivity index (χ4v) is 2.50. The first-order valence-electron chi connectivity index (χ1n) is 3.69. The zero-order chi connectivity index (χ0) is 12.5. The molecule has 0 bridgehead atoms. The Kier molecular flexibility index (Phi) is 3.76. The molecule has 0 amide bonds. The maximum atomic E-state index is 12.5. The van der Waals surface area contributed by atoms with Gasteiger partial charge in [-0.1, -0.05) is 0 Å². The van der Waals surface area contributed by atoms with Crippen molar-refractivity contribution in [1.82, 2.24) is 4.98 Å². The molecule has 0 saturated heterocycles. The average molecular weight is 359 g/mol. The number of nitrogens with zero attached hydrogens (tertiary/aromatic N) is 2. The van der Waals surface area contributed by atoms with Gasteiger partial charge in [0.1, 0.15) is 20.4 Å². The van der Waals surface area contributed by atoms with Crippen LogP contribution in [0.2, 0.25) is 0 Å². The van der Waals surface area contributed by atoms with Crippen LogP contribution < -0.4 is 5.14 Å². The topological polar surface area (TPSA) is 96.8 Å².